The summed E-state index contributed by atoms with van der Waals surface area (Å²) in [6.45, 7) is 1.17. The Hall–Kier alpha value is -1.35. The molecule has 3 nitrogen and oxygen atoms in total. The molecule has 1 aliphatic heterocycles. The van der Waals surface area contributed by atoms with Crippen LogP contribution in [-0.2, 0) is 17.5 Å². The van der Waals surface area contributed by atoms with Gasteiger partial charge in [-0.05, 0) is 55.3 Å². The second kappa shape index (κ2) is 11.6. The van der Waals surface area contributed by atoms with Crippen molar-refractivity contribution in [1.29, 1.82) is 0 Å². The monoisotopic (exact) mass is 582 g/mol. The smallest absolute Gasteiger partial charge is 0.340 e. The molecule has 34 heavy (non-hydrogen) atoms. The molecule has 0 radical (unpaired) electrons. The number of halogens is 7. The predicted octanol–water partition coefficient (Wildman–Crippen LogP) is 7.14. The van der Waals surface area contributed by atoms with Crippen molar-refractivity contribution in [2.24, 2.45) is 0 Å². The summed E-state index contributed by atoms with van der Waals surface area (Å²) < 4.78 is 52.8. The largest absolute Gasteiger partial charge is 0.419 e. The fourth-order valence-electron chi connectivity index (χ4n) is 4.33. The van der Waals surface area contributed by atoms with Crippen molar-refractivity contribution >= 4 is 45.0 Å². The van der Waals surface area contributed by atoms with Crippen LogP contribution in [0.15, 0.2) is 36.4 Å². The average Bonchev–Trinajstić information content (AvgIpc) is 3.21. The summed E-state index contributed by atoms with van der Waals surface area (Å²) in [5.41, 5.74) is 0.0531. The molecule has 0 aromatic heterocycles. The summed E-state index contributed by atoms with van der Waals surface area (Å²) in [5.74, 6) is -1.32. The Morgan fingerprint density at radius 3 is 2.47 bits per heavy atom. The van der Waals surface area contributed by atoms with E-state index in [0.29, 0.717) is 35.1 Å². The van der Waals surface area contributed by atoms with E-state index in [-0.39, 0.29) is 24.4 Å². The zero-order valence-electron chi connectivity index (χ0n) is 18.5. The molecule has 0 saturated carbocycles. The molecule has 1 saturated heterocycles. The van der Waals surface area contributed by atoms with E-state index in [9.17, 15) is 22.4 Å². The molecule has 3 rings (SSSR count). The minimum absolute atomic E-state index is 0.0579. The van der Waals surface area contributed by atoms with Crippen molar-refractivity contribution in [3.05, 3.63) is 69.0 Å². The Morgan fingerprint density at radius 2 is 1.85 bits per heavy atom. The first-order valence-corrected chi connectivity index (χ1v) is 12.7. The van der Waals surface area contributed by atoms with Gasteiger partial charge in [0.25, 0.3) is 0 Å². The van der Waals surface area contributed by atoms with Crippen LogP contribution in [-0.4, -0.2) is 47.2 Å². The lowest BCUT2D eigenvalue weighted by Crippen LogP contribution is -2.38. The molecule has 1 fully saturated rings. The summed E-state index contributed by atoms with van der Waals surface area (Å²) in [7, 11) is 1.82. The summed E-state index contributed by atoms with van der Waals surface area (Å²) in [4.78, 5) is 16.6. The molecule has 1 aliphatic rings. The van der Waals surface area contributed by atoms with E-state index >= 15 is 0 Å². The third-order valence-electron chi connectivity index (χ3n) is 6.12. The first-order chi connectivity index (χ1) is 16.0. The molecule has 1 amide bonds. The van der Waals surface area contributed by atoms with Crippen LogP contribution >= 0.6 is 39.1 Å². The van der Waals surface area contributed by atoms with E-state index < -0.39 is 17.6 Å². The van der Waals surface area contributed by atoms with Crippen molar-refractivity contribution < 1.29 is 22.4 Å². The zero-order chi connectivity index (χ0) is 25.0. The van der Waals surface area contributed by atoms with Gasteiger partial charge < -0.3 is 4.90 Å². The number of rotatable bonds is 8. The highest BCUT2D eigenvalue weighted by atomic mass is 79.9. The topological polar surface area (TPSA) is 23.6 Å². The van der Waals surface area contributed by atoms with Gasteiger partial charge in [-0.1, -0.05) is 51.3 Å². The Morgan fingerprint density at radius 1 is 1.12 bits per heavy atom. The van der Waals surface area contributed by atoms with Gasteiger partial charge in [0.15, 0.2) is 0 Å². The van der Waals surface area contributed by atoms with Crippen LogP contribution in [0, 0.1) is 5.82 Å². The number of alkyl halides is 4. The first-order valence-electron chi connectivity index (χ1n) is 10.9. The number of unbranched alkanes of at least 4 members (excludes halogenated alkanes) is 1. The Bertz CT molecular complexity index is 1020. The molecule has 0 aliphatic carbocycles. The van der Waals surface area contributed by atoms with Crippen LogP contribution in [0.2, 0.25) is 10.0 Å². The van der Waals surface area contributed by atoms with Crippen LogP contribution in [0.1, 0.15) is 41.9 Å². The predicted molar refractivity (Wildman–Crippen MR) is 130 cm³/mol. The second-order valence-electron chi connectivity index (χ2n) is 8.52. The highest BCUT2D eigenvalue weighted by Gasteiger charge is 2.39. The van der Waals surface area contributed by atoms with Crippen molar-refractivity contribution in [2.45, 2.75) is 43.9 Å². The number of likely N-dealkylation sites (N-methyl/N-ethyl adjacent to an activating group) is 1. The fraction of sp³-hybridized carbons (Fsp3) is 0.458. The number of nitrogens with zero attached hydrogens (tertiary/aromatic N) is 2. The second-order valence-corrected chi connectivity index (χ2v) is 10.1. The zero-order valence-corrected chi connectivity index (χ0v) is 21.6. The Balaban J connectivity index is 1.82. The Labute approximate surface area is 215 Å². The molecule has 186 valence electrons. The molecule has 10 heteroatoms. The summed E-state index contributed by atoms with van der Waals surface area (Å²) >= 11 is 15.7. The number of hydrogen-bond acceptors (Lipinski definition) is 2. The molecule has 2 aromatic carbocycles. The minimum Gasteiger partial charge on any atom is -0.340 e. The summed E-state index contributed by atoms with van der Waals surface area (Å²) in [6.07, 6.45) is -2.61. The normalized spacial score (nSPS) is 18.7. The van der Waals surface area contributed by atoms with E-state index in [1.165, 1.54) is 6.07 Å². The minimum atomic E-state index is -4.74. The summed E-state index contributed by atoms with van der Waals surface area (Å²) in [6, 6.07) is 8.20. The van der Waals surface area contributed by atoms with E-state index in [0.717, 1.165) is 35.9 Å². The first kappa shape index (κ1) is 27.2. The van der Waals surface area contributed by atoms with Gasteiger partial charge in [-0.25, -0.2) is 4.39 Å². The van der Waals surface area contributed by atoms with Crippen LogP contribution in [0.25, 0.3) is 0 Å². The molecule has 2 atom stereocenters. The third kappa shape index (κ3) is 6.65. The molecular formula is C24H25BrCl2F4N2O. The third-order valence-corrected chi connectivity index (χ3v) is 7.42. The number of amides is 1. The maximum Gasteiger partial charge on any atom is 0.419 e. The van der Waals surface area contributed by atoms with Crippen LogP contribution < -0.4 is 0 Å². The molecule has 0 spiro atoms. The lowest BCUT2D eigenvalue weighted by atomic mass is 9.93. The maximum absolute atomic E-state index is 14.1. The molecule has 0 unspecified atom stereocenters. The van der Waals surface area contributed by atoms with E-state index in [4.69, 9.17) is 23.2 Å². The highest BCUT2D eigenvalue weighted by molar-refractivity contribution is 9.09. The van der Waals surface area contributed by atoms with Crippen molar-refractivity contribution in [3.8, 4) is 0 Å². The van der Waals surface area contributed by atoms with Crippen molar-refractivity contribution in [3.63, 3.8) is 0 Å². The number of carbonyl (C=O) groups is 1. The van der Waals surface area contributed by atoms with Gasteiger partial charge in [0.1, 0.15) is 5.82 Å². The van der Waals surface area contributed by atoms with Gasteiger partial charge >= 0.3 is 6.18 Å². The number of benzene rings is 2. The highest BCUT2D eigenvalue weighted by Crippen LogP contribution is 2.36. The molecule has 0 N–H and O–H groups in total. The van der Waals surface area contributed by atoms with Gasteiger partial charge in [-0.3, -0.25) is 9.69 Å². The van der Waals surface area contributed by atoms with Crippen molar-refractivity contribution in [1.82, 2.24) is 9.80 Å². The van der Waals surface area contributed by atoms with E-state index in [1.54, 1.807) is 12.1 Å². The van der Waals surface area contributed by atoms with Crippen LogP contribution in [0.3, 0.4) is 0 Å². The van der Waals surface area contributed by atoms with Crippen molar-refractivity contribution in [2.75, 3.05) is 25.5 Å². The quantitative estimate of drug-likeness (QED) is 0.187. The maximum atomic E-state index is 14.1. The molecular weight excluding hydrogens is 559 g/mol. The number of carbonyl (C=O) groups excluding carboxylic acids is 1. The molecule has 1 heterocycles. The van der Waals surface area contributed by atoms with Gasteiger partial charge in [-0.15, -0.1) is 0 Å². The van der Waals surface area contributed by atoms with Crippen LogP contribution in [0.4, 0.5) is 17.6 Å². The molecule has 2 aromatic rings. The van der Waals surface area contributed by atoms with Crippen LogP contribution in [0.5, 0.6) is 0 Å². The summed E-state index contributed by atoms with van der Waals surface area (Å²) in [5, 5.41) is 1.67. The van der Waals surface area contributed by atoms with E-state index in [2.05, 4.69) is 15.9 Å². The lowest BCUT2D eigenvalue weighted by molar-refractivity contribution is -0.140. The van der Waals surface area contributed by atoms with Gasteiger partial charge in [0.2, 0.25) is 5.91 Å². The van der Waals surface area contributed by atoms with E-state index in [1.807, 2.05) is 22.9 Å². The number of likely N-dealkylation sites (tertiary alicyclic amines) is 1. The van der Waals surface area contributed by atoms with Gasteiger partial charge in [0, 0.05) is 43.3 Å². The SMILES string of the molecule is CN(Cc1ccc(C(F)(F)F)c(F)c1)[C@@H]1CN(C(=O)CCCCBr)C[C@@H]1c1ccc(Cl)c(Cl)c1. The lowest BCUT2D eigenvalue weighted by Gasteiger charge is -2.29. The molecule has 0 bridgehead atoms. The van der Waals surface area contributed by atoms with Gasteiger partial charge in [-0.2, -0.15) is 13.2 Å². The Kier molecular flexibility index (Phi) is 9.29. The number of hydrogen-bond donors (Lipinski definition) is 0. The standard InChI is InChI=1S/C24H25BrCl2F4N2O/c1-32(12-15-5-7-18(21(28)10-15)24(29,30)31)22-14-33(23(34)4-2-3-9-25)13-17(22)16-6-8-19(26)20(27)11-16/h5-8,10-11,17,22H,2-4,9,12-14H2,1H3/t17-,22-/m1/s1. The van der Waals surface area contributed by atoms with Gasteiger partial charge in [0.05, 0.1) is 15.6 Å². The average molecular weight is 584 g/mol. The fourth-order valence-corrected chi connectivity index (χ4v) is 5.03.